The summed E-state index contributed by atoms with van der Waals surface area (Å²) in [6.07, 6.45) is 3.30. The average Bonchev–Trinajstić information content (AvgIpc) is 2.58. The van der Waals surface area contributed by atoms with Crippen molar-refractivity contribution in [1.82, 2.24) is 19.9 Å². The van der Waals surface area contributed by atoms with E-state index >= 15 is 0 Å². The molecule has 2 aromatic heterocycles. The number of hydrogen-bond donors (Lipinski definition) is 2. The zero-order valence-corrected chi connectivity index (χ0v) is 15.2. The fourth-order valence-corrected chi connectivity index (χ4v) is 2.54. The first kappa shape index (κ1) is 18.8. The van der Waals surface area contributed by atoms with Gasteiger partial charge in [0.05, 0.1) is 6.42 Å². The molecule has 7 heteroatoms. The number of hydrogen-bond acceptors (Lipinski definition) is 5. The van der Waals surface area contributed by atoms with Gasteiger partial charge in [0.1, 0.15) is 5.82 Å². The first-order valence-corrected chi connectivity index (χ1v) is 8.18. The van der Waals surface area contributed by atoms with E-state index in [0.717, 1.165) is 5.56 Å². The molecular weight excluding hydrogens is 318 g/mol. The fourth-order valence-electron chi connectivity index (χ4n) is 2.54. The number of aromatic amines is 1. The molecule has 0 aromatic carbocycles. The second-order valence-electron chi connectivity index (χ2n) is 7.02. The number of H-pyrrole nitrogens is 1. The zero-order chi connectivity index (χ0) is 18.6. The molecule has 0 unspecified atom stereocenters. The molecule has 3 N–H and O–H groups in total. The minimum absolute atomic E-state index is 0.0125. The molecule has 0 radical (unpaired) electrons. The number of carbonyl (C=O) groups is 1. The van der Waals surface area contributed by atoms with E-state index in [9.17, 15) is 9.59 Å². The maximum absolute atomic E-state index is 12.5. The maximum atomic E-state index is 12.5. The van der Waals surface area contributed by atoms with Gasteiger partial charge in [-0.15, -0.1) is 0 Å². The number of amides is 1. The lowest BCUT2D eigenvalue weighted by molar-refractivity contribution is -0.130. The quantitative estimate of drug-likeness (QED) is 0.818. The molecule has 2 rings (SSSR count). The summed E-state index contributed by atoms with van der Waals surface area (Å²) in [5, 5.41) is 0. The molecule has 25 heavy (non-hydrogen) atoms. The third-order valence-corrected chi connectivity index (χ3v) is 4.13. The van der Waals surface area contributed by atoms with Gasteiger partial charge in [-0.25, -0.2) is 4.98 Å². The Hall–Kier alpha value is -2.54. The number of carbonyl (C=O) groups excluding carboxylic acids is 1. The molecule has 7 nitrogen and oxygen atoms in total. The van der Waals surface area contributed by atoms with Crippen molar-refractivity contribution in [2.45, 2.75) is 27.2 Å². The number of rotatable bonds is 6. The molecular formula is C18H25N5O2. The molecule has 0 saturated carbocycles. The average molecular weight is 343 g/mol. The number of aromatic nitrogens is 3. The lowest BCUT2D eigenvalue weighted by Gasteiger charge is -2.29. The van der Waals surface area contributed by atoms with Crippen molar-refractivity contribution in [2.24, 2.45) is 11.1 Å². The Morgan fingerprint density at radius 1 is 1.40 bits per heavy atom. The van der Waals surface area contributed by atoms with E-state index in [1.807, 2.05) is 19.9 Å². The van der Waals surface area contributed by atoms with Crippen LogP contribution in [0.3, 0.4) is 0 Å². The second kappa shape index (κ2) is 7.57. The van der Waals surface area contributed by atoms with E-state index in [2.05, 4.69) is 15.0 Å². The Kier molecular flexibility index (Phi) is 5.69. The van der Waals surface area contributed by atoms with Gasteiger partial charge in [0.2, 0.25) is 5.91 Å². The Morgan fingerprint density at radius 3 is 2.68 bits per heavy atom. The molecule has 0 spiro atoms. The number of nitrogens with two attached hydrogens (primary N) is 1. The van der Waals surface area contributed by atoms with Crippen molar-refractivity contribution >= 4 is 5.91 Å². The number of pyridine rings is 1. The predicted molar refractivity (Wildman–Crippen MR) is 97.0 cm³/mol. The van der Waals surface area contributed by atoms with Crippen LogP contribution in [-0.2, 0) is 11.2 Å². The molecule has 0 aliphatic rings. The monoisotopic (exact) mass is 343 g/mol. The molecule has 2 heterocycles. The molecule has 0 bridgehead atoms. The highest BCUT2D eigenvalue weighted by atomic mass is 16.2. The molecule has 2 aromatic rings. The first-order chi connectivity index (χ1) is 11.7. The fraction of sp³-hybridized carbons (Fsp3) is 0.444. The molecule has 0 fully saturated rings. The Balaban J connectivity index is 2.21. The van der Waals surface area contributed by atoms with Crippen molar-refractivity contribution in [3.8, 4) is 11.4 Å². The number of nitrogens with zero attached hydrogens (tertiary/aromatic N) is 3. The van der Waals surface area contributed by atoms with Crippen molar-refractivity contribution in [3.63, 3.8) is 0 Å². The van der Waals surface area contributed by atoms with Gasteiger partial charge in [-0.1, -0.05) is 13.8 Å². The summed E-state index contributed by atoms with van der Waals surface area (Å²) >= 11 is 0. The zero-order valence-electron chi connectivity index (χ0n) is 15.2. The van der Waals surface area contributed by atoms with Crippen LogP contribution in [0.15, 0.2) is 29.3 Å². The largest absolute Gasteiger partial charge is 0.345 e. The smallest absolute Gasteiger partial charge is 0.255 e. The highest BCUT2D eigenvalue weighted by Gasteiger charge is 2.22. The van der Waals surface area contributed by atoms with Gasteiger partial charge in [-0.05, 0) is 31.0 Å². The van der Waals surface area contributed by atoms with Gasteiger partial charge in [0.15, 0.2) is 0 Å². The third-order valence-electron chi connectivity index (χ3n) is 4.13. The molecule has 134 valence electrons. The Morgan fingerprint density at radius 2 is 2.12 bits per heavy atom. The summed E-state index contributed by atoms with van der Waals surface area (Å²) in [5.74, 6) is 0.315. The summed E-state index contributed by atoms with van der Waals surface area (Å²) < 4.78 is 0. The van der Waals surface area contributed by atoms with Crippen molar-refractivity contribution in [1.29, 1.82) is 0 Å². The Labute approximate surface area is 147 Å². The lowest BCUT2D eigenvalue weighted by Crippen LogP contribution is -2.41. The molecule has 0 atom stereocenters. The minimum Gasteiger partial charge on any atom is -0.345 e. The van der Waals surface area contributed by atoms with Crippen LogP contribution in [0.4, 0.5) is 0 Å². The van der Waals surface area contributed by atoms with Crippen LogP contribution in [0.25, 0.3) is 11.4 Å². The Bertz CT molecular complexity index is 799. The van der Waals surface area contributed by atoms with Crippen molar-refractivity contribution in [3.05, 3.63) is 46.1 Å². The van der Waals surface area contributed by atoms with E-state index in [-0.39, 0.29) is 23.3 Å². The van der Waals surface area contributed by atoms with E-state index < -0.39 is 0 Å². The summed E-state index contributed by atoms with van der Waals surface area (Å²) in [6.45, 7) is 6.74. The highest BCUT2D eigenvalue weighted by Crippen LogP contribution is 2.16. The molecule has 0 aliphatic carbocycles. The predicted octanol–water partition coefficient (Wildman–Crippen LogP) is 1.13. The number of aryl methyl sites for hydroxylation is 1. The maximum Gasteiger partial charge on any atom is 0.255 e. The van der Waals surface area contributed by atoms with Gasteiger partial charge in [-0.3, -0.25) is 14.6 Å². The van der Waals surface area contributed by atoms with Gasteiger partial charge in [0.25, 0.3) is 5.56 Å². The van der Waals surface area contributed by atoms with Crippen LogP contribution in [0.5, 0.6) is 0 Å². The third kappa shape index (κ3) is 4.73. The topological polar surface area (TPSA) is 105 Å². The van der Waals surface area contributed by atoms with Crippen LogP contribution < -0.4 is 11.3 Å². The summed E-state index contributed by atoms with van der Waals surface area (Å²) in [4.78, 5) is 37.7. The van der Waals surface area contributed by atoms with Gasteiger partial charge in [-0.2, -0.15) is 0 Å². The van der Waals surface area contributed by atoms with E-state index in [1.54, 1.807) is 37.3 Å². The highest BCUT2D eigenvalue weighted by molar-refractivity contribution is 5.78. The van der Waals surface area contributed by atoms with E-state index in [4.69, 9.17) is 5.73 Å². The minimum atomic E-state index is -0.300. The van der Waals surface area contributed by atoms with Gasteiger partial charge < -0.3 is 15.6 Å². The first-order valence-electron chi connectivity index (χ1n) is 8.18. The number of likely N-dealkylation sites (N-methyl/N-ethyl adjacent to an activating group) is 1. The van der Waals surface area contributed by atoms with Crippen molar-refractivity contribution in [2.75, 3.05) is 20.1 Å². The van der Waals surface area contributed by atoms with Crippen LogP contribution in [0.1, 0.15) is 25.1 Å². The SMILES string of the molecule is Cc1nc(-c2cccnc2)[nH]c(=O)c1CC(=O)N(C)CC(C)(C)CN. The van der Waals surface area contributed by atoms with Crippen molar-refractivity contribution < 1.29 is 4.79 Å². The van der Waals surface area contributed by atoms with Gasteiger partial charge >= 0.3 is 0 Å². The molecule has 0 saturated heterocycles. The number of nitrogens with one attached hydrogen (secondary N) is 1. The standard InChI is InChI=1S/C18H25N5O2/c1-12-14(8-15(24)23(4)11-18(2,3)10-19)17(25)22-16(21-12)13-6-5-7-20-9-13/h5-7,9H,8,10-11,19H2,1-4H3,(H,21,22,25). The van der Waals surface area contributed by atoms with Crippen LogP contribution in [0.2, 0.25) is 0 Å². The summed E-state index contributed by atoms with van der Waals surface area (Å²) in [6, 6.07) is 3.59. The lowest BCUT2D eigenvalue weighted by atomic mass is 9.93. The van der Waals surface area contributed by atoms with E-state index in [0.29, 0.717) is 30.2 Å². The molecule has 1 amide bonds. The van der Waals surface area contributed by atoms with Crippen LogP contribution >= 0.6 is 0 Å². The van der Waals surface area contributed by atoms with Crippen LogP contribution in [0, 0.1) is 12.3 Å². The second-order valence-corrected chi connectivity index (χ2v) is 7.02. The van der Waals surface area contributed by atoms with Gasteiger partial charge in [0, 0.05) is 42.8 Å². The summed E-state index contributed by atoms with van der Waals surface area (Å²) in [7, 11) is 1.72. The summed E-state index contributed by atoms with van der Waals surface area (Å²) in [5.41, 5.74) is 6.90. The molecule has 0 aliphatic heterocycles. The van der Waals surface area contributed by atoms with E-state index in [1.165, 1.54) is 0 Å². The normalized spacial score (nSPS) is 11.4. The van der Waals surface area contributed by atoms with Crippen LogP contribution in [-0.4, -0.2) is 45.9 Å².